The maximum absolute atomic E-state index is 12.7. The first-order valence-corrected chi connectivity index (χ1v) is 11.7. The van der Waals surface area contributed by atoms with E-state index in [4.69, 9.17) is 9.15 Å². The van der Waals surface area contributed by atoms with Gasteiger partial charge >= 0.3 is 0 Å². The summed E-state index contributed by atoms with van der Waals surface area (Å²) < 4.78 is 12.0. The Morgan fingerprint density at radius 2 is 2.03 bits per heavy atom. The molecule has 2 aromatic carbocycles. The van der Waals surface area contributed by atoms with Gasteiger partial charge in [-0.15, -0.1) is 0 Å². The van der Waals surface area contributed by atoms with Crippen molar-refractivity contribution in [3.63, 3.8) is 0 Å². The lowest BCUT2D eigenvalue weighted by Gasteiger charge is -2.13. The van der Waals surface area contributed by atoms with Gasteiger partial charge in [-0.05, 0) is 62.8 Å². The van der Waals surface area contributed by atoms with Crippen molar-refractivity contribution in [2.75, 3.05) is 13.7 Å². The van der Waals surface area contributed by atoms with Gasteiger partial charge in [0.25, 0.3) is 0 Å². The number of aromatic nitrogens is 1. The molecule has 0 aliphatic heterocycles. The summed E-state index contributed by atoms with van der Waals surface area (Å²) >= 11 is 0. The first kappa shape index (κ1) is 21.4. The van der Waals surface area contributed by atoms with Gasteiger partial charge in [-0.3, -0.25) is 4.79 Å². The molecule has 0 fully saturated rings. The van der Waals surface area contributed by atoms with E-state index in [9.17, 15) is 4.79 Å². The van der Waals surface area contributed by atoms with Gasteiger partial charge in [0.1, 0.15) is 17.1 Å². The summed E-state index contributed by atoms with van der Waals surface area (Å²) in [6.07, 6.45) is 8.87. The minimum Gasteiger partial charge on any atom is -0.496 e. The van der Waals surface area contributed by atoms with Crippen LogP contribution in [0.5, 0.6) is 5.75 Å². The summed E-state index contributed by atoms with van der Waals surface area (Å²) in [5.41, 5.74) is 7.38. The normalized spacial score (nSPS) is 14.0. The lowest BCUT2D eigenvalue weighted by atomic mass is 9.93. The molecule has 1 aliphatic carbocycles. The van der Waals surface area contributed by atoms with Crippen molar-refractivity contribution in [3.8, 4) is 5.75 Å². The lowest BCUT2D eigenvalue weighted by Crippen LogP contribution is -2.23. The number of carbonyl (C=O) groups is 1. The highest BCUT2D eigenvalue weighted by atomic mass is 16.5. The average Bonchev–Trinajstić information content (AvgIpc) is 3.41. The predicted octanol–water partition coefficient (Wildman–Crippen LogP) is 5.87. The number of fused-ring (bicyclic) bond motifs is 4. The van der Waals surface area contributed by atoms with Gasteiger partial charge in [-0.25, -0.2) is 0 Å². The molecule has 1 amide bonds. The number of aryl methyl sites for hydroxylation is 3. The zero-order chi connectivity index (χ0) is 22.9. The van der Waals surface area contributed by atoms with Crippen molar-refractivity contribution < 1.29 is 13.9 Å². The van der Waals surface area contributed by atoms with E-state index in [0.717, 1.165) is 64.0 Å². The Morgan fingerprint density at radius 3 is 2.88 bits per heavy atom. The van der Waals surface area contributed by atoms with Gasteiger partial charge in [-0.1, -0.05) is 18.2 Å². The quantitative estimate of drug-likeness (QED) is 0.367. The Bertz CT molecular complexity index is 1370. The van der Waals surface area contributed by atoms with E-state index in [1.54, 1.807) is 13.2 Å². The van der Waals surface area contributed by atoms with Crippen LogP contribution in [-0.4, -0.2) is 24.5 Å². The van der Waals surface area contributed by atoms with Gasteiger partial charge in [0.2, 0.25) is 5.91 Å². The fraction of sp³-hybridized carbons (Fsp3) is 0.321. The number of ether oxygens (including phenoxy) is 1. The smallest absolute Gasteiger partial charge is 0.244 e. The number of H-pyrrole nitrogens is 1. The molecule has 0 radical (unpaired) electrons. The van der Waals surface area contributed by atoms with E-state index >= 15 is 0 Å². The Hall–Kier alpha value is -3.47. The number of hydrogen-bond acceptors (Lipinski definition) is 3. The highest BCUT2D eigenvalue weighted by Gasteiger charge is 2.23. The van der Waals surface area contributed by atoms with Crippen molar-refractivity contribution in [1.29, 1.82) is 0 Å². The minimum absolute atomic E-state index is 0.0960. The summed E-state index contributed by atoms with van der Waals surface area (Å²) in [4.78, 5) is 16.0. The molecule has 33 heavy (non-hydrogen) atoms. The lowest BCUT2D eigenvalue weighted by molar-refractivity contribution is -0.116. The van der Waals surface area contributed by atoms with Crippen LogP contribution in [0, 0.1) is 6.92 Å². The topological polar surface area (TPSA) is 67.3 Å². The van der Waals surface area contributed by atoms with E-state index in [1.165, 1.54) is 29.4 Å². The Kier molecular flexibility index (Phi) is 5.71. The van der Waals surface area contributed by atoms with Gasteiger partial charge < -0.3 is 19.5 Å². The molecule has 5 heteroatoms. The Labute approximate surface area is 193 Å². The van der Waals surface area contributed by atoms with Crippen LogP contribution in [-0.2, 0) is 24.1 Å². The number of para-hydroxylation sites is 1. The molecule has 2 heterocycles. The van der Waals surface area contributed by atoms with E-state index in [-0.39, 0.29) is 5.91 Å². The highest BCUT2D eigenvalue weighted by Crippen LogP contribution is 2.41. The van der Waals surface area contributed by atoms with Crippen molar-refractivity contribution in [1.82, 2.24) is 10.3 Å². The predicted molar refractivity (Wildman–Crippen MR) is 133 cm³/mol. The molecule has 2 aromatic heterocycles. The number of amides is 1. The maximum Gasteiger partial charge on any atom is 0.244 e. The largest absolute Gasteiger partial charge is 0.496 e. The first-order valence-electron chi connectivity index (χ1n) is 11.7. The molecule has 1 aliphatic rings. The van der Waals surface area contributed by atoms with Gasteiger partial charge in [0, 0.05) is 58.2 Å². The first-order chi connectivity index (χ1) is 16.1. The van der Waals surface area contributed by atoms with Crippen LogP contribution in [0.15, 0.2) is 47.0 Å². The number of methoxy groups -OCH3 is 1. The summed E-state index contributed by atoms with van der Waals surface area (Å²) in [6.45, 7) is 4.58. The fourth-order valence-corrected chi connectivity index (χ4v) is 5.08. The zero-order valence-electron chi connectivity index (χ0n) is 19.5. The molecule has 0 bridgehead atoms. The molecular formula is C28H30N2O3. The third-order valence-corrected chi connectivity index (χ3v) is 6.77. The van der Waals surface area contributed by atoms with Crippen LogP contribution < -0.4 is 10.1 Å². The van der Waals surface area contributed by atoms with Crippen molar-refractivity contribution in [2.45, 2.75) is 46.0 Å². The number of carbonyl (C=O) groups excluding carboxylic acids is 1. The SMILES string of the molecule is COc1c(/C(C)=C/C(=O)NCCc2c[nH]c3ccccc23)cc2c3c(oc2c1C)CCCC3. The Balaban J connectivity index is 1.36. The van der Waals surface area contributed by atoms with Crippen LogP contribution in [0.2, 0.25) is 0 Å². The van der Waals surface area contributed by atoms with E-state index in [1.807, 2.05) is 32.2 Å². The van der Waals surface area contributed by atoms with Crippen molar-refractivity contribution in [2.24, 2.45) is 0 Å². The Morgan fingerprint density at radius 1 is 1.21 bits per heavy atom. The molecule has 0 saturated heterocycles. The number of allylic oxidation sites excluding steroid dienone is 1. The monoisotopic (exact) mass is 442 g/mol. The standard InChI is InChI=1S/C28H30N2O3/c1-17(14-26(31)29-13-12-19-16-30-24-10-6-4-8-20(19)24)22-15-23-21-9-5-7-11-25(21)33-28(23)18(2)27(22)32-3/h4,6,8,10,14-16,30H,5,7,9,11-13H2,1-3H3,(H,29,31)/b17-14+. The fourth-order valence-electron chi connectivity index (χ4n) is 5.08. The second-order valence-corrected chi connectivity index (χ2v) is 8.90. The molecule has 2 N–H and O–H groups in total. The third kappa shape index (κ3) is 3.92. The summed E-state index contributed by atoms with van der Waals surface area (Å²) in [7, 11) is 1.68. The number of benzene rings is 2. The number of hydrogen-bond donors (Lipinski definition) is 2. The third-order valence-electron chi connectivity index (χ3n) is 6.77. The zero-order valence-corrected chi connectivity index (χ0v) is 19.5. The number of aromatic amines is 1. The van der Waals surface area contributed by atoms with Gasteiger partial charge in [0.05, 0.1) is 7.11 Å². The highest BCUT2D eigenvalue weighted by molar-refractivity contribution is 5.98. The van der Waals surface area contributed by atoms with Crippen LogP contribution in [0.25, 0.3) is 27.4 Å². The maximum atomic E-state index is 12.7. The minimum atomic E-state index is -0.0960. The van der Waals surface area contributed by atoms with Gasteiger partial charge in [0.15, 0.2) is 0 Å². The molecular weight excluding hydrogens is 412 g/mol. The van der Waals surface area contributed by atoms with E-state index in [2.05, 4.69) is 28.5 Å². The second kappa shape index (κ2) is 8.81. The van der Waals surface area contributed by atoms with Crippen molar-refractivity contribution in [3.05, 3.63) is 70.6 Å². The van der Waals surface area contributed by atoms with Gasteiger partial charge in [-0.2, -0.15) is 0 Å². The molecule has 170 valence electrons. The molecule has 0 spiro atoms. The summed E-state index contributed by atoms with van der Waals surface area (Å²) in [6, 6.07) is 10.4. The second-order valence-electron chi connectivity index (χ2n) is 8.90. The molecule has 0 atom stereocenters. The molecule has 0 saturated carbocycles. The van der Waals surface area contributed by atoms with Crippen LogP contribution >= 0.6 is 0 Å². The summed E-state index contributed by atoms with van der Waals surface area (Å²) in [5, 5.41) is 5.39. The van der Waals surface area contributed by atoms with Crippen LogP contribution in [0.3, 0.4) is 0 Å². The number of rotatable bonds is 6. The molecule has 5 rings (SSSR count). The number of furan rings is 1. The number of nitrogens with one attached hydrogen (secondary N) is 2. The molecule has 0 unspecified atom stereocenters. The summed E-state index contributed by atoms with van der Waals surface area (Å²) in [5.74, 6) is 1.78. The van der Waals surface area contributed by atoms with Crippen molar-refractivity contribution >= 4 is 33.4 Å². The van der Waals surface area contributed by atoms with E-state index in [0.29, 0.717) is 6.54 Å². The molecule has 5 nitrogen and oxygen atoms in total. The van der Waals surface area contributed by atoms with Crippen LogP contribution in [0.4, 0.5) is 0 Å². The average molecular weight is 443 g/mol. The molecule has 4 aromatic rings. The van der Waals surface area contributed by atoms with E-state index < -0.39 is 0 Å². The van der Waals surface area contributed by atoms with Crippen LogP contribution in [0.1, 0.15) is 47.8 Å².